The molecule has 2 aliphatic rings. The molecule has 6 rings (SSSR count). The molecular formula is C25H26N4O2S2. The average Bonchev–Trinajstić information content (AvgIpc) is 3.53. The van der Waals surface area contributed by atoms with Gasteiger partial charge in [0, 0.05) is 35.1 Å². The first-order valence-corrected chi connectivity index (χ1v) is 13.6. The predicted octanol–water partition coefficient (Wildman–Crippen LogP) is 4.59. The lowest BCUT2D eigenvalue weighted by molar-refractivity contribution is -0.129. The van der Waals surface area contributed by atoms with Crippen molar-refractivity contribution in [2.45, 2.75) is 43.8 Å². The number of thiophene rings is 1. The molecule has 1 aliphatic heterocycles. The first-order chi connectivity index (χ1) is 16.2. The van der Waals surface area contributed by atoms with Crippen LogP contribution in [0.4, 0.5) is 0 Å². The van der Waals surface area contributed by atoms with Gasteiger partial charge in [-0.05, 0) is 55.2 Å². The zero-order valence-corrected chi connectivity index (χ0v) is 20.0. The van der Waals surface area contributed by atoms with Crippen LogP contribution in [0.2, 0.25) is 0 Å². The third-order valence-corrected chi connectivity index (χ3v) is 9.11. The lowest BCUT2D eigenvalue weighted by Gasteiger charge is -2.32. The molecule has 3 aromatic heterocycles. The van der Waals surface area contributed by atoms with Crippen LogP contribution in [0.1, 0.15) is 47.0 Å². The zero-order chi connectivity index (χ0) is 22.4. The van der Waals surface area contributed by atoms with Crippen LogP contribution in [-0.2, 0) is 23.4 Å². The number of aryl methyl sites for hydroxylation is 2. The van der Waals surface area contributed by atoms with E-state index < -0.39 is 0 Å². The molecule has 33 heavy (non-hydrogen) atoms. The van der Waals surface area contributed by atoms with E-state index >= 15 is 0 Å². The van der Waals surface area contributed by atoms with Gasteiger partial charge < -0.3 is 14.9 Å². The van der Waals surface area contributed by atoms with Crippen LogP contribution in [0.5, 0.6) is 0 Å². The Hall–Kier alpha value is -2.58. The minimum atomic E-state index is -0.0271. The SMILES string of the molecule is O=C(CSCc1nc2sc3c(c2c(=O)[nH]1)CCC3)N1CCC(c2c[nH]c3ccccc23)CC1. The van der Waals surface area contributed by atoms with Crippen molar-refractivity contribution < 1.29 is 4.79 Å². The number of hydrogen-bond donors (Lipinski definition) is 2. The minimum Gasteiger partial charge on any atom is -0.361 e. The van der Waals surface area contributed by atoms with Gasteiger partial charge in [-0.25, -0.2) is 4.98 Å². The van der Waals surface area contributed by atoms with Crippen LogP contribution in [0, 0.1) is 0 Å². The van der Waals surface area contributed by atoms with Crippen molar-refractivity contribution in [1.29, 1.82) is 0 Å². The summed E-state index contributed by atoms with van der Waals surface area (Å²) in [5.74, 6) is 2.30. The van der Waals surface area contributed by atoms with Gasteiger partial charge in [0.2, 0.25) is 5.91 Å². The van der Waals surface area contributed by atoms with Crippen LogP contribution in [0.15, 0.2) is 35.3 Å². The van der Waals surface area contributed by atoms with E-state index in [1.54, 1.807) is 11.3 Å². The van der Waals surface area contributed by atoms with Gasteiger partial charge in [0.15, 0.2) is 0 Å². The number of para-hydroxylation sites is 1. The van der Waals surface area contributed by atoms with Crippen molar-refractivity contribution in [3.05, 3.63) is 62.6 Å². The molecule has 1 aliphatic carbocycles. The fourth-order valence-corrected chi connectivity index (χ4v) is 7.38. The predicted molar refractivity (Wildman–Crippen MR) is 135 cm³/mol. The average molecular weight is 479 g/mol. The molecule has 4 aromatic rings. The number of aromatic nitrogens is 3. The molecule has 1 amide bonds. The number of nitrogens with one attached hydrogen (secondary N) is 2. The van der Waals surface area contributed by atoms with Gasteiger partial charge in [-0.15, -0.1) is 23.1 Å². The molecule has 8 heteroatoms. The summed E-state index contributed by atoms with van der Waals surface area (Å²) in [5.41, 5.74) is 3.73. The van der Waals surface area contributed by atoms with Crippen molar-refractivity contribution in [2.24, 2.45) is 0 Å². The molecule has 0 bridgehead atoms. The Bertz CT molecular complexity index is 1390. The third kappa shape index (κ3) is 3.89. The molecule has 1 saturated heterocycles. The molecule has 0 spiro atoms. The highest BCUT2D eigenvalue weighted by Crippen LogP contribution is 2.35. The largest absolute Gasteiger partial charge is 0.361 e. The maximum absolute atomic E-state index is 12.8. The van der Waals surface area contributed by atoms with Gasteiger partial charge in [0.1, 0.15) is 10.7 Å². The molecule has 0 unspecified atom stereocenters. The Kier molecular flexibility index (Phi) is 5.50. The molecule has 2 N–H and O–H groups in total. The smallest absolute Gasteiger partial charge is 0.259 e. The Morgan fingerprint density at radius 1 is 1.21 bits per heavy atom. The molecular weight excluding hydrogens is 452 g/mol. The number of fused-ring (bicyclic) bond motifs is 4. The summed E-state index contributed by atoms with van der Waals surface area (Å²) in [5, 5.41) is 2.09. The van der Waals surface area contributed by atoms with E-state index in [0.29, 0.717) is 23.2 Å². The maximum Gasteiger partial charge on any atom is 0.259 e. The summed E-state index contributed by atoms with van der Waals surface area (Å²) in [6.45, 7) is 1.59. The maximum atomic E-state index is 12.8. The highest BCUT2D eigenvalue weighted by Gasteiger charge is 2.25. The second-order valence-electron chi connectivity index (χ2n) is 8.99. The Morgan fingerprint density at radius 3 is 2.94 bits per heavy atom. The minimum absolute atomic E-state index is 0.0271. The topological polar surface area (TPSA) is 81.8 Å². The molecule has 6 nitrogen and oxygen atoms in total. The molecule has 0 atom stereocenters. The first-order valence-electron chi connectivity index (χ1n) is 11.6. The van der Waals surface area contributed by atoms with E-state index in [9.17, 15) is 9.59 Å². The quantitative estimate of drug-likeness (QED) is 0.439. The molecule has 1 aromatic carbocycles. The molecule has 0 radical (unpaired) electrons. The number of aromatic amines is 2. The molecule has 1 fully saturated rings. The number of hydrogen-bond acceptors (Lipinski definition) is 5. The van der Waals surface area contributed by atoms with E-state index in [2.05, 4.69) is 45.4 Å². The van der Waals surface area contributed by atoms with Gasteiger partial charge in [-0.1, -0.05) is 18.2 Å². The van der Waals surface area contributed by atoms with E-state index in [1.807, 2.05) is 4.90 Å². The van der Waals surface area contributed by atoms with Crippen molar-refractivity contribution in [3.8, 4) is 0 Å². The summed E-state index contributed by atoms with van der Waals surface area (Å²) in [6, 6.07) is 8.42. The molecule has 170 valence electrons. The Balaban J connectivity index is 1.04. The number of thioether (sulfide) groups is 1. The number of likely N-dealkylation sites (tertiary alicyclic amines) is 1. The van der Waals surface area contributed by atoms with Crippen LogP contribution in [0.3, 0.4) is 0 Å². The lowest BCUT2D eigenvalue weighted by atomic mass is 9.89. The summed E-state index contributed by atoms with van der Waals surface area (Å²) in [4.78, 5) is 40.5. The van der Waals surface area contributed by atoms with Gasteiger partial charge in [-0.3, -0.25) is 9.59 Å². The second kappa shape index (κ2) is 8.65. The van der Waals surface area contributed by atoms with E-state index in [4.69, 9.17) is 0 Å². The van der Waals surface area contributed by atoms with Crippen LogP contribution < -0.4 is 5.56 Å². The number of amides is 1. The zero-order valence-electron chi connectivity index (χ0n) is 18.4. The third-order valence-electron chi connectivity index (χ3n) is 7.00. The highest BCUT2D eigenvalue weighted by molar-refractivity contribution is 7.99. The monoisotopic (exact) mass is 478 g/mol. The second-order valence-corrected chi connectivity index (χ2v) is 11.1. The summed E-state index contributed by atoms with van der Waals surface area (Å²) < 4.78 is 0. The molecule has 0 saturated carbocycles. The molecule has 4 heterocycles. The number of H-pyrrole nitrogens is 2. The standard InChI is InChI=1S/C25H26N4O2S2/c30-22(29-10-8-15(9-11-29)18-12-26-19-6-2-1-4-16(18)19)14-32-13-21-27-24(31)23-17-5-3-7-20(17)33-25(23)28-21/h1-2,4,6,12,15,26H,3,5,7-11,13-14H2,(H,27,28,31). The summed E-state index contributed by atoms with van der Waals surface area (Å²) >= 11 is 3.19. The fourth-order valence-electron chi connectivity index (χ4n) is 5.31. The summed E-state index contributed by atoms with van der Waals surface area (Å²) in [7, 11) is 0. The number of rotatable bonds is 5. The van der Waals surface area contributed by atoms with Crippen molar-refractivity contribution >= 4 is 50.1 Å². The number of piperidine rings is 1. The summed E-state index contributed by atoms with van der Waals surface area (Å²) in [6.07, 6.45) is 7.30. The van der Waals surface area contributed by atoms with Crippen LogP contribution >= 0.6 is 23.1 Å². The normalized spacial score (nSPS) is 16.7. The first kappa shape index (κ1) is 21.0. The Labute approximate surface area is 199 Å². The van der Waals surface area contributed by atoms with Gasteiger partial charge in [0.25, 0.3) is 5.56 Å². The van der Waals surface area contributed by atoms with Gasteiger partial charge >= 0.3 is 0 Å². The fraction of sp³-hybridized carbons (Fsp3) is 0.400. The van der Waals surface area contributed by atoms with Gasteiger partial charge in [0.05, 0.1) is 16.9 Å². The van der Waals surface area contributed by atoms with Gasteiger partial charge in [-0.2, -0.15) is 0 Å². The van der Waals surface area contributed by atoms with Crippen LogP contribution in [0.25, 0.3) is 21.1 Å². The van der Waals surface area contributed by atoms with Crippen molar-refractivity contribution in [1.82, 2.24) is 19.9 Å². The van der Waals surface area contributed by atoms with Crippen LogP contribution in [-0.4, -0.2) is 44.6 Å². The van der Waals surface area contributed by atoms with E-state index in [0.717, 1.165) is 55.4 Å². The highest BCUT2D eigenvalue weighted by atomic mass is 32.2. The Morgan fingerprint density at radius 2 is 2.06 bits per heavy atom. The van der Waals surface area contributed by atoms with Crippen molar-refractivity contribution in [3.63, 3.8) is 0 Å². The number of benzene rings is 1. The number of carbonyl (C=O) groups excluding carboxylic acids is 1. The number of nitrogens with zero attached hydrogens (tertiary/aromatic N) is 2. The lowest BCUT2D eigenvalue weighted by Crippen LogP contribution is -2.38. The van der Waals surface area contributed by atoms with E-state index in [1.165, 1.54) is 38.7 Å². The van der Waals surface area contributed by atoms with E-state index in [-0.39, 0.29) is 11.5 Å². The van der Waals surface area contributed by atoms with Crippen molar-refractivity contribution in [2.75, 3.05) is 18.8 Å². The number of carbonyl (C=O) groups is 1.